The van der Waals surface area contributed by atoms with E-state index < -0.39 is 0 Å². The molecule has 1 aliphatic heterocycles. The zero-order chi connectivity index (χ0) is 19.9. The minimum Gasteiger partial charge on any atom is -0.299 e. The van der Waals surface area contributed by atoms with Gasteiger partial charge in [-0.15, -0.1) is 0 Å². The SMILES string of the molecule is O=C1CCN(CC=Cc2ccccc2)CC1C(c1ccccc1)c1ccccc1. The molecule has 146 valence electrons. The van der Waals surface area contributed by atoms with Crippen molar-refractivity contribution in [2.24, 2.45) is 5.92 Å². The molecule has 1 atom stereocenters. The standard InChI is InChI=1S/C27H27NO/c29-26-18-20-28(19-10-13-22-11-4-1-5-12-22)21-25(26)27(23-14-6-2-7-15-23)24-16-8-3-9-17-24/h1-17,25,27H,18-21H2. The van der Waals surface area contributed by atoms with Crippen molar-refractivity contribution in [1.29, 1.82) is 0 Å². The van der Waals surface area contributed by atoms with Gasteiger partial charge < -0.3 is 0 Å². The van der Waals surface area contributed by atoms with Crippen molar-refractivity contribution in [3.05, 3.63) is 114 Å². The van der Waals surface area contributed by atoms with E-state index in [0.29, 0.717) is 12.2 Å². The summed E-state index contributed by atoms with van der Waals surface area (Å²) in [6.45, 7) is 2.51. The van der Waals surface area contributed by atoms with Crippen molar-refractivity contribution in [2.45, 2.75) is 12.3 Å². The molecule has 2 nitrogen and oxygen atoms in total. The van der Waals surface area contributed by atoms with E-state index in [1.54, 1.807) is 0 Å². The lowest BCUT2D eigenvalue weighted by atomic mass is 9.76. The van der Waals surface area contributed by atoms with Gasteiger partial charge in [-0.2, -0.15) is 0 Å². The summed E-state index contributed by atoms with van der Waals surface area (Å²) in [6.07, 6.45) is 5.00. The third-order valence-electron chi connectivity index (χ3n) is 5.74. The summed E-state index contributed by atoms with van der Waals surface area (Å²) in [6, 6.07) is 31.3. The number of hydrogen-bond donors (Lipinski definition) is 0. The van der Waals surface area contributed by atoms with Crippen LogP contribution in [0.2, 0.25) is 0 Å². The first-order valence-electron chi connectivity index (χ1n) is 10.4. The number of hydrogen-bond acceptors (Lipinski definition) is 2. The molecule has 2 heteroatoms. The molecular formula is C27H27NO. The molecule has 0 saturated carbocycles. The lowest BCUT2D eigenvalue weighted by Gasteiger charge is -2.36. The number of piperidine rings is 1. The first-order valence-corrected chi connectivity index (χ1v) is 10.4. The summed E-state index contributed by atoms with van der Waals surface area (Å²) in [7, 11) is 0. The van der Waals surface area contributed by atoms with E-state index in [9.17, 15) is 4.79 Å². The largest absolute Gasteiger partial charge is 0.299 e. The predicted octanol–water partition coefficient (Wildman–Crippen LogP) is 5.42. The average molecular weight is 382 g/mol. The van der Waals surface area contributed by atoms with E-state index >= 15 is 0 Å². The third kappa shape index (κ3) is 4.90. The molecule has 1 unspecified atom stereocenters. The molecule has 3 aromatic carbocycles. The molecule has 0 radical (unpaired) electrons. The fraction of sp³-hybridized carbons (Fsp3) is 0.222. The Morgan fingerprint density at radius 2 is 1.38 bits per heavy atom. The number of ketones is 1. The van der Waals surface area contributed by atoms with Gasteiger partial charge in [-0.05, 0) is 16.7 Å². The molecule has 0 spiro atoms. The van der Waals surface area contributed by atoms with Gasteiger partial charge >= 0.3 is 0 Å². The fourth-order valence-corrected chi connectivity index (χ4v) is 4.26. The Bertz CT molecular complexity index is 895. The van der Waals surface area contributed by atoms with Crippen LogP contribution in [0.25, 0.3) is 6.08 Å². The van der Waals surface area contributed by atoms with Gasteiger partial charge in [0.2, 0.25) is 0 Å². The van der Waals surface area contributed by atoms with Crippen molar-refractivity contribution < 1.29 is 4.79 Å². The number of benzene rings is 3. The number of carbonyl (C=O) groups excluding carboxylic acids is 1. The zero-order valence-corrected chi connectivity index (χ0v) is 16.7. The van der Waals surface area contributed by atoms with Gasteiger partial charge in [-0.1, -0.05) is 103 Å². The van der Waals surface area contributed by atoms with Crippen LogP contribution >= 0.6 is 0 Å². The Hall–Kier alpha value is -2.97. The lowest BCUT2D eigenvalue weighted by molar-refractivity contribution is -0.126. The molecule has 0 amide bonds. The Balaban J connectivity index is 1.54. The maximum absolute atomic E-state index is 13.0. The summed E-state index contributed by atoms with van der Waals surface area (Å²) in [5.41, 5.74) is 3.65. The van der Waals surface area contributed by atoms with E-state index in [0.717, 1.165) is 19.6 Å². The monoisotopic (exact) mass is 381 g/mol. The molecule has 3 aromatic rings. The van der Waals surface area contributed by atoms with Crippen molar-refractivity contribution in [1.82, 2.24) is 4.90 Å². The molecule has 1 saturated heterocycles. The minimum absolute atomic E-state index is 0.0151. The molecule has 29 heavy (non-hydrogen) atoms. The zero-order valence-electron chi connectivity index (χ0n) is 16.7. The Kier molecular flexibility index (Phi) is 6.33. The van der Waals surface area contributed by atoms with Gasteiger partial charge in [0, 0.05) is 37.9 Å². The second-order valence-corrected chi connectivity index (χ2v) is 7.69. The number of likely N-dealkylation sites (tertiary alicyclic amines) is 1. The summed E-state index contributed by atoms with van der Waals surface area (Å²) >= 11 is 0. The number of carbonyl (C=O) groups is 1. The number of Topliss-reactive ketones (excluding diaryl/α,β-unsaturated/α-hetero) is 1. The lowest BCUT2D eigenvalue weighted by Crippen LogP contribution is -2.43. The second kappa shape index (κ2) is 9.49. The van der Waals surface area contributed by atoms with Crippen LogP contribution in [-0.4, -0.2) is 30.3 Å². The molecule has 0 aromatic heterocycles. The highest BCUT2D eigenvalue weighted by Crippen LogP contribution is 2.35. The molecule has 1 fully saturated rings. The van der Waals surface area contributed by atoms with Gasteiger partial charge in [0.15, 0.2) is 0 Å². The van der Waals surface area contributed by atoms with Crippen molar-refractivity contribution in [3.63, 3.8) is 0 Å². The van der Waals surface area contributed by atoms with E-state index in [4.69, 9.17) is 0 Å². The fourth-order valence-electron chi connectivity index (χ4n) is 4.26. The van der Waals surface area contributed by atoms with Gasteiger partial charge in [-0.25, -0.2) is 0 Å². The van der Waals surface area contributed by atoms with E-state index in [-0.39, 0.29) is 11.8 Å². The van der Waals surface area contributed by atoms with Gasteiger partial charge in [0.05, 0.1) is 0 Å². The molecule has 0 bridgehead atoms. The van der Waals surface area contributed by atoms with Crippen LogP contribution < -0.4 is 0 Å². The Morgan fingerprint density at radius 3 is 1.97 bits per heavy atom. The summed E-state index contributed by atoms with van der Waals surface area (Å²) in [5, 5.41) is 0. The third-order valence-corrected chi connectivity index (χ3v) is 5.74. The molecule has 1 heterocycles. The highest BCUT2D eigenvalue weighted by molar-refractivity contribution is 5.83. The van der Waals surface area contributed by atoms with Crippen LogP contribution in [-0.2, 0) is 4.79 Å². The number of rotatable bonds is 6. The highest BCUT2D eigenvalue weighted by atomic mass is 16.1. The highest BCUT2D eigenvalue weighted by Gasteiger charge is 2.34. The molecule has 0 aliphatic carbocycles. The maximum Gasteiger partial charge on any atom is 0.139 e. The molecule has 0 N–H and O–H groups in total. The van der Waals surface area contributed by atoms with E-state index in [1.165, 1.54) is 16.7 Å². The van der Waals surface area contributed by atoms with Crippen LogP contribution in [0.1, 0.15) is 29.0 Å². The van der Waals surface area contributed by atoms with E-state index in [2.05, 4.69) is 89.8 Å². The molecule has 1 aliphatic rings. The van der Waals surface area contributed by atoms with Crippen LogP contribution in [0, 0.1) is 5.92 Å². The maximum atomic E-state index is 13.0. The van der Waals surface area contributed by atoms with Gasteiger partial charge in [0.25, 0.3) is 0 Å². The van der Waals surface area contributed by atoms with Crippen molar-refractivity contribution in [2.75, 3.05) is 19.6 Å². The molecular weight excluding hydrogens is 354 g/mol. The van der Waals surface area contributed by atoms with Crippen LogP contribution in [0.15, 0.2) is 97.1 Å². The van der Waals surface area contributed by atoms with Gasteiger partial charge in [-0.3, -0.25) is 9.69 Å². The summed E-state index contributed by atoms with van der Waals surface area (Å²) in [4.78, 5) is 15.4. The normalized spacial score (nSPS) is 17.8. The first kappa shape index (κ1) is 19.4. The topological polar surface area (TPSA) is 20.3 Å². The average Bonchev–Trinajstić information content (AvgIpc) is 2.78. The smallest absolute Gasteiger partial charge is 0.139 e. The number of nitrogens with zero attached hydrogens (tertiary/aromatic N) is 1. The van der Waals surface area contributed by atoms with Crippen molar-refractivity contribution in [3.8, 4) is 0 Å². The summed E-state index contributed by atoms with van der Waals surface area (Å²) < 4.78 is 0. The van der Waals surface area contributed by atoms with Gasteiger partial charge in [0.1, 0.15) is 5.78 Å². The first-order chi connectivity index (χ1) is 14.3. The predicted molar refractivity (Wildman–Crippen MR) is 120 cm³/mol. The van der Waals surface area contributed by atoms with Crippen molar-refractivity contribution >= 4 is 11.9 Å². The Morgan fingerprint density at radius 1 is 0.828 bits per heavy atom. The molecule has 4 rings (SSSR count). The summed E-state index contributed by atoms with van der Waals surface area (Å²) in [5.74, 6) is 0.468. The minimum atomic E-state index is -0.0151. The Labute approximate surface area is 173 Å². The van der Waals surface area contributed by atoms with E-state index in [1.807, 2.05) is 18.2 Å². The van der Waals surface area contributed by atoms with Crippen LogP contribution in [0.4, 0.5) is 0 Å². The van der Waals surface area contributed by atoms with Crippen LogP contribution in [0.3, 0.4) is 0 Å². The second-order valence-electron chi connectivity index (χ2n) is 7.69. The van der Waals surface area contributed by atoms with Crippen LogP contribution in [0.5, 0.6) is 0 Å². The quantitative estimate of drug-likeness (QED) is 0.568.